The van der Waals surface area contributed by atoms with E-state index in [9.17, 15) is 13.2 Å². The van der Waals surface area contributed by atoms with E-state index in [4.69, 9.17) is 9.47 Å². The Bertz CT molecular complexity index is 1020. The van der Waals surface area contributed by atoms with E-state index < -0.39 is 15.9 Å². The molecule has 0 unspecified atom stereocenters. The molecule has 1 amide bonds. The summed E-state index contributed by atoms with van der Waals surface area (Å²) < 4.78 is 39.2. The highest BCUT2D eigenvalue weighted by molar-refractivity contribution is 9.10. The fourth-order valence-electron chi connectivity index (χ4n) is 2.77. The number of carbonyl (C=O) groups excluding carboxylic acids is 1. The van der Waals surface area contributed by atoms with Gasteiger partial charge in [-0.05, 0) is 59.1 Å². The number of halogens is 1. The smallest absolute Gasteiger partial charge is 0.256 e. The van der Waals surface area contributed by atoms with Crippen LogP contribution in [0.1, 0.15) is 29.6 Å². The molecule has 0 saturated heterocycles. The lowest BCUT2D eigenvalue weighted by molar-refractivity contribution is 0.102. The Kier molecular flexibility index (Phi) is 5.31. The zero-order valence-electron chi connectivity index (χ0n) is 14.9. The van der Waals surface area contributed by atoms with Crippen molar-refractivity contribution in [2.24, 2.45) is 0 Å². The van der Waals surface area contributed by atoms with Crippen molar-refractivity contribution in [3.05, 3.63) is 46.4 Å². The van der Waals surface area contributed by atoms with Crippen LogP contribution in [-0.4, -0.2) is 33.6 Å². The molecule has 148 valence electrons. The Labute approximate surface area is 171 Å². The second-order valence-corrected chi connectivity index (χ2v) is 9.27. The fourth-order valence-corrected chi connectivity index (χ4v) is 4.53. The van der Waals surface area contributed by atoms with Crippen molar-refractivity contribution in [3.8, 4) is 11.5 Å². The van der Waals surface area contributed by atoms with Crippen LogP contribution in [0.4, 0.5) is 5.69 Å². The molecule has 1 saturated carbocycles. The number of hydrogen-bond donors (Lipinski definition) is 2. The van der Waals surface area contributed by atoms with Crippen LogP contribution in [0.5, 0.6) is 11.5 Å². The quantitative estimate of drug-likeness (QED) is 0.704. The third-order valence-electron chi connectivity index (χ3n) is 4.40. The molecule has 0 radical (unpaired) electrons. The standard InChI is InChI=1S/C19H19BrN2O5S/c20-16-6-5-14(28(24,25)22-12-2-3-12)11-15(16)19(23)21-13-4-7-17-18(10-13)27-9-1-8-26-17/h4-7,10-12,22H,1-3,8-9H2,(H,21,23). The number of anilines is 1. The molecule has 0 bridgehead atoms. The number of ether oxygens (including phenoxy) is 2. The molecule has 28 heavy (non-hydrogen) atoms. The van der Waals surface area contributed by atoms with E-state index in [2.05, 4.69) is 26.0 Å². The van der Waals surface area contributed by atoms with Crippen LogP contribution in [0.25, 0.3) is 0 Å². The molecule has 1 heterocycles. The van der Waals surface area contributed by atoms with E-state index in [0.717, 1.165) is 19.3 Å². The molecule has 0 atom stereocenters. The molecular weight excluding hydrogens is 448 g/mol. The van der Waals surface area contributed by atoms with Gasteiger partial charge in [0.25, 0.3) is 5.91 Å². The molecule has 9 heteroatoms. The molecular formula is C19H19BrN2O5S. The monoisotopic (exact) mass is 466 g/mol. The number of hydrogen-bond acceptors (Lipinski definition) is 5. The molecule has 1 aliphatic heterocycles. The average Bonchev–Trinajstić information content (AvgIpc) is 3.48. The molecule has 4 rings (SSSR count). The second kappa shape index (κ2) is 7.73. The van der Waals surface area contributed by atoms with Crippen molar-refractivity contribution in [3.63, 3.8) is 0 Å². The largest absolute Gasteiger partial charge is 0.490 e. The van der Waals surface area contributed by atoms with Gasteiger partial charge in [0, 0.05) is 28.7 Å². The number of rotatable bonds is 5. The lowest BCUT2D eigenvalue weighted by Gasteiger charge is -2.12. The third-order valence-corrected chi connectivity index (χ3v) is 6.61. The lowest BCUT2D eigenvalue weighted by Crippen LogP contribution is -2.26. The summed E-state index contributed by atoms with van der Waals surface area (Å²) >= 11 is 3.32. The molecule has 2 aromatic rings. The van der Waals surface area contributed by atoms with Gasteiger partial charge in [0.1, 0.15) is 0 Å². The molecule has 1 aliphatic carbocycles. The Balaban J connectivity index is 1.56. The lowest BCUT2D eigenvalue weighted by atomic mass is 10.2. The van der Waals surface area contributed by atoms with Crippen LogP contribution in [0.2, 0.25) is 0 Å². The summed E-state index contributed by atoms with van der Waals surface area (Å²) in [5.41, 5.74) is 0.760. The van der Waals surface area contributed by atoms with E-state index >= 15 is 0 Å². The number of carbonyl (C=O) groups is 1. The number of fused-ring (bicyclic) bond motifs is 1. The van der Waals surface area contributed by atoms with Crippen molar-refractivity contribution in [1.82, 2.24) is 4.72 Å². The Morgan fingerprint density at radius 2 is 1.79 bits per heavy atom. The summed E-state index contributed by atoms with van der Waals surface area (Å²) in [6, 6.07) is 9.55. The highest BCUT2D eigenvalue weighted by atomic mass is 79.9. The van der Waals surface area contributed by atoms with Crippen molar-refractivity contribution >= 4 is 37.5 Å². The van der Waals surface area contributed by atoms with Gasteiger partial charge >= 0.3 is 0 Å². The minimum absolute atomic E-state index is 0.00674. The summed E-state index contributed by atoms with van der Waals surface area (Å²) in [5, 5.41) is 2.78. The van der Waals surface area contributed by atoms with Gasteiger partial charge in [0.15, 0.2) is 11.5 Å². The highest BCUT2D eigenvalue weighted by Crippen LogP contribution is 2.33. The maximum atomic E-state index is 12.8. The normalized spacial score (nSPS) is 16.3. The van der Waals surface area contributed by atoms with Crippen LogP contribution < -0.4 is 19.5 Å². The summed E-state index contributed by atoms with van der Waals surface area (Å²) in [5.74, 6) is 0.778. The Morgan fingerprint density at radius 3 is 2.54 bits per heavy atom. The van der Waals surface area contributed by atoms with E-state index in [-0.39, 0.29) is 16.5 Å². The number of sulfonamides is 1. The first-order valence-electron chi connectivity index (χ1n) is 8.95. The van der Waals surface area contributed by atoms with Gasteiger partial charge in [-0.15, -0.1) is 0 Å². The Morgan fingerprint density at radius 1 is 1.04 bits per heavy atom. The zero-order chi connectivity index (χ0) is 19.7. The van der Waals surface area contributed by atoms with Crippen LogP contribution >= 0.6 is 15.9 Å². The van der Waals surface area contributed by atoms with Crippen molar-refractivity contribution in [2.45, 2.75) is 30.2 Å². The van der Waals surface area contributed by atoms with E-state index in [1.807, 2.05) is 0 Å². The van der Waals surface area contributed by atoms with Gasteiger partial charge in [0.2, 0.25) is 10.0 Å². The number of benzene rings is 2. The van der Waals surface area contributed by atoms with Gasteiger partial charge in [-0.1, -0.05) is 0 Å². The first kappa shape index (κ1) is 19.2. The minimum Gasteiger partial charge on any atom is -0.490 e. The van der Waals surface area contributed by atoms with Gasteiger partial charge in [0.05, 0.1) is 23.7 Å². The summed E-state index contributed by atoms with van der Waals surface area (Å²) in [7, 11) is -3.65. The van der Waals surface area contributed by atoms with E-state index in [1.54, 1.807) is 24.3 Å². The van der Waals surface area contributed by atoms with Gasteiger partial charge < -0.3 is 14.8 Å². The van der Waals surface area contributed by atoms with E-state index in [1.165, 1.54) is 12.1 Å². The third kappa shape index (κ3) is 4.31. The maximum Gasteiger partial charge on any atom is 0.256 e. The summed E-state index contributed by atoms with van der Waals surface area (Å²) in [6.45, 7) is 1.13. The molecule has 2 aromatic carbocycles. The molecule has 0 spiro atoms. The predicted molar refractivity (Wildman–Crippen MR) is 107 cm³/mol. The van der Waals surface area contributed by atoms with Gasteiger partial charge in [-0.25, -0.2) is 13.1 Å². The van der Waals surface area contributed by atoms with Crippen LogP contribution in [0, 0.1) is 0 Å². The zero-order valence-corrected chi connectivity index (χ0v) is 17.3. The van der Waals surface area contributed by atoms with Crippen LogP contribution in [0.15, 0.2) is 45.8 Å². The Hall–Kier alpha value is -2.10. The topological polar surface area (TPSA) is 93.7 Å². The summed E-state index contributed by atoms with van der Waals surface area (Å²) in [6.07, 6.45) is 2.47. The van der Waals surface area contributed by atoms with Crippen molar-refractivity contribution < 1.29 is 22.7 Å². The van der Waals surface area contributed by atoms with Gasteiger partial charge in [-0.3, -0.25) is 4.79 Å². The molecule has 2 N–H and O–H groups in total. The molecule has 7 nitrogen and oxygen atoms in total. The molecule has 2 aliphatic rings. The van der Waals surface area contributed by atoms with Crippen molar-refractivity contribution in [2.75, 3.05) is 18.5 Å². The van der Waals surface area contributed by atoms with Crippen LogP contribution in [-0.2, 0) is 10.0 Å². The maximum absolute atomic E-state index is 12.8. The highest BCUT2D eigenvalue weighted by Gasteiger charge is 2.28. The van der Waals surface area contributed by atoms with Crippen molar-refractivity contribution in [1.29, 1.82) is 0 Å². The van der Waals surface area contributed by atoms with Gasteiger partial charge in [-0.2, -0.15) is 0 Å². The average molecular weight is 467 g/mol. The van der Waals surface area contributed by atoms with Crippen LogP contribution in [0.3, 0.4) is 0 Å². The predicted octanol–water partition coefficient (Wildman–Crippen LogP) is 3.30. The molecule has 0 aromatic heterocycles. The fraction of sp³-hybridized carbons (Fsp3) is 0.316. The number of nitrogens with one attached hydrogen (secondary N) is 2. The number of amides is 1. The minimum atomic E-state index is -3.65. The summed E-state index contributed by atoms with van der Waals surface area (Å²) in [4.78, 5) is 12.8. The van der Waals surface area contributed by atoms with E-state index in [0.29, 0.717) is 34.9 Å². The SMILES string of the molecule is O=C(Nc1ccc2c(c1)OCCCO2)c1cc(S(=O)(=O)NC2CC2)ccc1Br. The first-order chi connectivity index (χ1) is 13.4. The molecule has 1 fully saturated rings. The first-order valence-corrected chi connectivity index (χ1v) is 11.2. The second-order valence-electron chi connectivity index (χ2n) is 6.70.